The van der Waals surface area contributed by atoms with Gasteiger partial charge in [-0.05, 0) is 19.8 Å². The van der Waals surface area contributed by atoms with E-state index in [-0.39, 0.29) is 4.83 Å². The van der Waals surface area contributed by atoms with Crippen LogP contribution in [0.3, 0.4) is 0 Å². The van der Waals surface area contributed by atoms with E-state index >= 15 is 0 Å². The van der Waals surface area contributed by atoms with E-state index in [0.29, 0.717) is 0 Å². The molecule has 0 aromatic carbocycles. The fourth-order valence-corrected chi connectivity index (χ4v) is 1.80. The SMILES string of the molecule is C[C@@]1(F)CCCC[C@H]1Br. The van der Waals surface area contributed by atoms with E-state index in [1.807, 2.05) is 0 Å². The fourth-order valence-electron chi connectivity index (χ4n) is 1.25. The summed E-state index contributed by atoms with van der Waals surface area (Å²) in [4.78, 5) is 0.0961. The lowest BCUT2D eigenvalue weighted by atomic mass is 9.88. The summed E-state index contributed by atoms with van der Waals surface area (Å²) in [6, 6.07) is 0. The second-order valence-electron chi connectivity index (χ2n) is 2.99. The van der Waals surface area contributed by atoms with E-state index in [1.54, 1.807) is 6.92 Å². The van der Waals surface area contributed by atoms with Crippen LogP contribution in [-0.2, 0) is 0 Å². The zero-order valence-corrected chi connectivity index (χ0v) is 7.25. The molecule has 0 unspecified atom stereocenters. The smallest absolute Gasteiger partial charge is 0.120 e. The predicted molar refractivity (Wildman–Crippen MR) is 40.7 cm³/mol. The third-order valence-electron chi connectivity index (χ3n) is 2.03. The minimum absolute atomic E-state index is 0.0961. The highest BCUT2D eigenvalue weighted by molar-refractivity contribution is 9.09. The summed E-state index contributed by atoms with van der Waals surface area (Å²) < 4.78 is 13.2. The van der Waals surface area contributed by atoms with E-state index < -0.39 is 5.67 Å². The maximum absolute atomic E-state index is 13.2. The third kappa shape index (κ3) is 1.66. The zero-order chi connectivity index (χ0) is 6.91. The quantitative estimate of drug-likeness (QED) is 0.521. The number of rotatable bonds is 0. The molecule has 0 spiro atoms. The first kappa shape index (κ1) is 7.52. The molecule has 0 saturated heterocycles. The molecule has 0 amide bonds. The molecule has 1 aliphatic rings. The van der Waals surface area contributed by atoms with Gasteiger partial charge in [-0.3, -0.25) is 0 Å². The Labute approximate surface area is 64.0 Å². The van der Waals surface area contributed by atoms with Crippen molar-refractivity contribution in [3.63, 3.8) is 0 Å². The Morgan fingerprint density at radius 1 is 1.56 bits per heavy atom. The summed E-state index contributed by atoms with van der Waals surface area (Å²) in [5.74, 6) is 0. The average Bonchev–Trinajstić information content (AvgIpc) is 1.77. The lowest BCUT2D eigenvalue weighted by molar-refractivity contribution is 0.141. The topological polar surface area (TPSA) is 0 Å². The molecule has 0 N–H and O–H groups in total. The Hall–Kier alpha value is 0.410. The Morgan fingerprint density at radius 2 is 2.22 bits per heavy atom. The van der Waals surface area contributed by atoms with Gasteiger partial charge in [0.1, 0.15) is 5.67 Å². The van der Waals surface area contributed by atoms with E-state index in [9.17, 15) is 4.39 Å². The van der Waals surface area contributed by atoms with Crippen LogP contribution in [0, 0.1) is 0 Å². The largest absolute Gasteiger partial charge is 0.243 e. The molecule has 1 fully saturated rings. The molecule has 0 aliphatic heterocycles. The van der Waals surface area contributed by atoms with Crippen molar-refractivity contribution in [2.24, 2.45) is 0 Å². The number of hydrogen-bond donors (Lipinski definition) is 0. The summed E-state index contributed by atoms with van der Waals surface area (Å²) in [5.41, 5.74) is -0.946. The first-order valence-electron chi connectivity index (χ1n) is 3.46. The van der Waals surface area contributed by atoms with Crippen LogP contribution >= 0.6 is 15.9 Å². The molecule has 2 atom stereocenters. The molecule has 0 heterocycles. The van der Waals surface area contributed by atoms with Crippen molar-refractivity contribution in [2.45, 2.75) is 43.1 Å². The molecule has 54 valence electrons. The first-order valence-corrected chi connectivity index (χ1v) is 4.37. The standard InChI is InChI=1S/C7H12BrF/c1-7(9)5-3-2-4-6(7)8/h6H,2-5H2,1H3/t6-,7-/m1/s1. The van der Waals surface area contributed by atoms with Crippen LogP contribution < -0.4 is 0 Å². The van der Waals surface area contributed by atoms with E-state index in [2.05, 4.69) is 15.9 Å². The average molecular weight is 195 g/mol. The van der Waals surface area contributed by atoms with Crippen LogP contribution in [0.2, 0.25) is 0 Å². The Bertz CT molecular complexity index is 101. The van der Waals surface area contributed by atoms with Crippen molar-refractivity contribution in [2.75, 3.05) is 0 Å². The molecule has 2 heteroatoms. The molecule has 1 aliphatic carbocycles. The van der Waals surface area contributed by atoms with Crippen LogP contribution in [-0.4, -0.2) is 10.5 Å². The maximum Gasteiger partial charge on any atom is 0.120 e. The molecule has 0 aromatic heterocycles. The molecule has 0 radical (unpaired) electrons. The van der Waals surface area contributed by atoms with Gasteiger partial charge < -0.3 is 0 Å². The van der Waals surface area contributed by atoms with Crippen LogP contribution in [0.5, 0.6) is 0 Å². The van der Waals surface area contributed by atoms with Gasteiger partial charge in [0.2, 0.25) is 0 Å². The van der Waals surface area contributed by atoms with Crippen molar-refractivity contribution >= 4 is 15.9 Å². The molecule has 9 heavy (non-hydrogen) atoms. The summed E-state index contributed by atoms with van der Waals surface area (Å²) >= 11 is 3.33. The third-order valence-corrected chi connectivity index (χ3v) is 3.44. The molecule has 0 bridgehead atoms. The Morgan fingerprint density at radius 3 is 2.56 bits per heavy atom. The van der Waals surface area contributed by atoms with Gasteiger partial charge in [-0.1, -0.05) is 28.8 Å². The highest BCUT2D eigenvalue weighted by Gasteiger charge is 2.34. The van der Waals surface area contributed by atoms with Gasteiger partial charge in [0.05, 0.1) is 0 Å². The fraction of sp³-hybridized carbons (Fsp3) is 1.00. The van der Waals surface area contributed by atoms with Crippen LogP contribution in [0.4, 0.5) is 4.39 Å². The lowest BCUT2D eigenvalue weighted by Crippen LogP contribution is -2.33. The van der Waals surface area contributed by atoms with Crippen molar-refractivity contribution in [3.05, 3.63) is 0 Å². The van der Waals surface area contributed by atoms with Gasteiger partial charge in [0.15, 0.2) is 0 Å². The maximum atomic E-state index is 13.2. The summed E-state index contributed by atoms with van der Waals surface area (Å²) in [7, 11) is 0. The van der Waals surface area contributed by atoms with Gasteiger partial charge in [-0.2, -0.15) is 0 Å². The monoisotopic (exact) mass is 194 g/mol. The van der Waals surface area contributed by atoms with Crippen LogP contribution in [0.15, 0.2) is 0 Å². The molecule has 1 rings (SSSR count). The normalized spacial score (nSPS) is 45.0. The first-order chi connectivity index (χ1) is 4.13. The van der Waals surface area contributed by atoms with Crippen molar-refractivity contribution in [3.8, 4) is 0 Å². The van der Waals surface area contributed by atoms with E-state index in [0.717, 1.165) is 19.3 Å². The van der Waals surface area contributed by atoms with E-state index in [1.165, 1.54) is 6.42 Å². The summed E-state index contributed by atoms with van der Waals surface area (Å²) in [6.07, 6.45) is 3.94. The summed E-state index contributed by atoms with van der Waals surface area (Å²) in [5, 5.41) is 0. The molecule has 0 aromatic rings. The number of alkyl halides is 2. The van der Waals surface area contributed by atoms with E-state index in [4.69, 9.17) is 0 Å². The molecular weight excluding hydrogens is 183 g/mol. The van der Waals surface area contributed by atoms with Crippen LogP contribution in [0.25, 0.3) is 0 Å². The second-order valence-corrected chi connectivity index (χ2v) is 4.10. The highest BCUT2D eigenvalue weighted by Crippen LogP contribution is 2.36. The van der Waals surface area contributed by atoms with Crippen molar-refractivity contribution < 1.29 is 4.39 Å². The van der Waals surface area contributed by atoms with Gasteiger partial charge in [-0.15, -0.1) is 0 Å². The summed E-state index contributed by atoms with van der Waals surface area (Å²) in [6.45, 7) is 1.69. The molecule has 0 nitrogen and oxygen atoms in total. The van der Waals surface area contributed by atoms with Crippen molar-refractivity contribution in [1.29, 1.82) is 0 Å². The minimum Gasteiger partial charge on any atom is -0.243 e. The number of halogens is 2. The van der Waals surface area contributed by atoms with Gasteiger partial charge >= 0.3 is 0 Å². The van der Waals surface area contributed by atoms with Gasteiger partial charge in [0.25, 0.3) is 0 Å². The van der Waals surface area contributed by atoms with Crippen molar-refractivity contribution in [1.82, 2.24) is 0 Å². The lowest BCUT2D eigenvalue weighted by Gasteiger charge is -2.30. The Kier molecular flexibility index (Phi) is 2.14. The highest BCUT2D eigenvalue weighted by atomic mass is 79.9. The van der Waals surface area contributed by atoms with Gasteiger partial charge in [0, 0.05) is 4.83 Å². The molecular formula is C7H12BrF. The second kappa shape index (κ2) is 2.57. The zero-order valence-electron chi connectivity index (χ0n) is 5.66. The van der Waals surface area contributed by atoms with Gasteiger partial charge in [-0.25, -0.2) is 4.39 Å². The predicted octanol–water partition coefficient (Wildman–Crippen LogP) is 3.05. The number of hydrogen-bond acceptors (Lipinski definition) is 0. The minimum atomic E-state index is -0.946. The van der Waals surface area contributed by atoms with Crippen LogP contribution in [0.1, 0.15) is 32.6 Å². The Balaban J connectivity index is 2.49. The molecule has 1 saturated carbocycles.